The number of rotatable bonds is 4. The Bertz CT molecular complexity index is 81.0. The lowest BCUT2D eigenvalue weighted by molar-refractivity contribution is 0.114. The maximum Gasteiger partial charge on any atom is 0.0873 e. The summed E-state index contributed by atoms with van der Waals surface area (Å²) in [5.41, 5.74) is 2.04. The van der Waals surface area contributed by atoms with Gasteiger partial charge in [-0.3, -0.25) is 0 Å². The van der Waals surface area contributed by atoms with Gasteiger partial charge >= 0.3 is 0 Å². The lowest BCUT2D eigenvalue weighted by Crippen LogP contribution is -2.17. The van der Waals surface area contributed by atoms with Gasteiger partial charge in [-0.2, -0.15) is 0 Å². The molecule has 2 heteroatoms. The van der Waals surface area contributed by atoms with E-state index in [9.17, 15) is 0 Å². The van der Waals surface area contributed by atoms with Crippen LogP contribution in [0, 0.1) is 0 Å². The molecule has 0 aromatic carbocycles. The summed E-state index contributed by atoms with van der Waals surface area (Å²) in [6, 6.07) is 0. The fourth-order valence-corrected chi connectivity index (χ4v) is 1.24. The molecule has 0 aromatic heterocycles. The first-order valence-corrected chi connectivity index (χ1v) is 6.04. The molecule has 9 heavy (non-hydrogen) atoms. The Hall–Kier alpha value is -0.0831. The normalized spacial score (nSPS) is 13.8. The Kier molecular flexibility index (Phi) is 4.72. The topological polar surface area (TPSA) is 9.23 Å². The third kappa shape index (κ3) is 5.79. The number of ether oxygens (including phenoxy) is 1. The van der Waals surface area contributed by atoms with Crippen molar-refractivity contribution in [3.8, 4) is 0 Å². The van der Waals surface area contributed by atoms with Crippen LogP contribution in [0.3, 0.4) is 0 Å². The average molecular weight is 144 g/mol. The maximum absolute atomic E-state index is 5.38. The molecule has 0 amide bonds. The van der Waals surface area contributed by atoms with Gasteiger partial charge in [0, 0.05) is 6.23 Å². The van der Waals surface area contributed by atoms with Crippen molar-refractivity contribution in [2.75, 3.05) is 6.23 Å². The fourth-order valence-electron chi connectivity index (χ4n) is 0.412. The SMILES string of the molecule is C=C[SiH](C)COC(C)C. The third-order valence-corrected chi connectivity index (χ3v) is 2.62. The smallest absolute Gasteiger partial charge is 0.0873 e. The summed E-state index contributed by atoms with van der Waals surface area (Å²) in [5.74, 6) is 0. The van der Waals surface area contributed by atoms with Crippen LogP contribution in [0.5, 0.6) is 0 Å². The second kappa shape index (κ2) is 4.76. The Labute approximate surface area is 59.3 Å². The monoisotopic (exact) mass is 144 g/mol. The second-order valence-electron chi connectivity index (χ2n) is 2.60. The molecular weight excluding hydrogens is 128 g/mol. The highest BCUT2D eigenvalue weighted by molar-refractivity contribution is 6.62. The second-order valence-corrected chi connectivity index (χ2v) is 5.35. The van der Waals surface area contributed by atoms with Crippen molar-refractivity contribution in [1.29, 1.82) is 0 Å². The van der Waals surface area contributed by atoms with Gasteiger partial charge in [-0.1, -0.05) is 6.55 Å². The van der Waals surface area contributed by atoms with Crippen LogP contribution in [0.4, 0.5) is 0 Å². The van der Waals surface area contributed by atoms with Crippen LogP contribution in [0.2, 0.25) is 6.55 Å². The van der Waals surface area contributed by atoms with Crippen LogP contribution >= 0.6 is 0 Å². The van der Waals surface area contributed by atoms with Gasteiger partial charge in [0.25, 0.3) is 0 Å². The van der Waals surface area contributed by atoms with Gasteiger partial charge in [-0.05, 0) is 13.8 Å². The molecule has 54 valence electrons. The average Bonchev–Trinajstić information content (AvgIpc) is 1.83. The van der Waals surface area contributed by atoms with Crippen molar-refractivity contribution in [2.45, 2.75) is 26.5 Å². The molecule has 0 aliphatic rings. The van der Waals surface area contributed by atoms with Gasteiger partial charge < -0.3 is 4.74 Å². The fraction of sp³-hybridized carbons (Fsp3) is 0.714. The van der Waals surface area contributed by atoms with Gasteiger partial charge in [0.15, 0.2) is 0 Å². The Morgan fingerprint density at radius 3 is 2.56 bits per heavy atom. The molecule has 0 aliphatic heterocycles. The predicted molar refractivity (Wildman–Crippen MR) is 44.3 cm³/mol. The van der Waals surface area contributed by atoms with Crippen LogP contribution in [0.1, 0.15) is 13.8 Å². The van der Waals surface area contributed by atoms with E-state index in [1.165, 1.54) is 0 Å². The van der Waals surface area contributed by atoms with E-state index in [4.69, 9.17) is 4.74 Å². The molecule has 0 N–H and O–H groups in total. The van der Waals surface area contributed by atoms with Gasteiger partial charge in [0.1, 0.15) is 0 Å². The molecular formula is C7H16OSi. The van der Waals surface area contributed by atoms with Crippen molar-refractivity contribution >= 4 is 8.80 Å². The lowest BCUT2D eigenvalue weighted by atomic mass is 10.5. The van der Waals surface area contributed by atoms with E-state index in [-0.39, 0.29) is 0 Å². The van der Waals surface area contributed by atoms with Gasteiger partial charge in [-0.25, -0.2) is 0 Å². The molecule has 0 radical (unpaired) electrons. The first-order chi connectivity index (χ1) is 4.16. The summed E-state index contributed by atoms with van der Waals surface area (Å²) in [6.45, 7) is 10.1. The van der Waals surface area contributed by atoms with Crippen molar-refractivity contribution in [2.24, 2.45) is 0 Å². The highest BCUT2D eigenvalue weighted by atomic mass is 28.3. The minimum Gasteiger partial charge on any atom is -0.382 e. The van der Waals surface area contributed by atoms with E-state index >= 15 is 0 Å². The molecule has 1 nitrogen and oxygen atoms in total. The molecule has 0 spiro atoms. The van der Waals surface area contributed by atoms with E-state index in [0.29, 0.717) is 6.10 Å². The Morgan fingerprint density at radius 1 is 1.67 bits per heavy atom. The minimum absolute atomic E-state index is 0.375. The highest BCUT2D eigenvalue weighted by Crippen LogP contribution is 1.90. The molecule has 0 saturated carbocycles. The molecule has 0 heterocycles. The molecule has 1 atom stereocenters. The number of hydrogen-bond acceptors (Lipinski definition) is 1. The van der Waals surface area contributed by atoms with Gasteiger partial charge in [-0.15, -0.1) is 12.3 Å². The highest BCUT2D eigenvalue weighted by Gasteiger charge is 1.98. The van der Waals surface area contributed by atoms with E-state index in [2.05, 4.69) is 27.0 Å². The largest absolute Gasteiger partial charge is 0.382 e. The summed E-state index contributed by atoms with van der Waals surface area (Å²) in [7, 11) is -0.696. The maximum atomic E-state index is 5.38. The summed E-state index contributed by atoms with van der Waals surface area (Å²) >= 11 is 0. The van der Waals surface area contributed by atoms with Crippen LogP contribution in [0.25, 0.3) is 0 Å². The van der Waals surface area contributed by atoms with Gasteiger partial charge in [0.05, 0.1) is 14.9 Å². The van der Waals surface area contributed by atoms with Crippen molar-refractivity contribution in [1.82, 2.24) is 0 Å². The molecule has 0 aliphatic carbocycles. The zero-order valence-electron chi connectivity index (χ0n) is 6.55. The van der Waals surface area contributed by atoms with E-state index in [1.807, 2.05) is 5.70 Å². The summed E-state index contributed by atoms with van der Waals surface area (Å²) in [5, 5.41) is 0. The van der Waals surface area contributed by atoms with Crippen molar-refractivity contribution in [3.05, 3.63) is 12.3 Å². The Morgan fingerprint density at radius 2 is 2.22 bits per heavy atom. The van der Waals surface area contributed by atoms with E-state index in [1.54, 1.807) is 0 Å². The quantitative estimate of drug-likeness (QED) is 0.544. The third-order valence-electron chi connectivity index (χ3n) is 1.09. The van der Waals surface area contributed by atoms with Crippen LogP contribution in [-0.2, 0) is 4.74 Å². The summed E-state index contributed by atoms with van der Waals surface area (Å²) in [4.78, 5) is 0. The lowest BCUT2D eigenvalue weighted by Gasteiger charge is -2.08. The van der Waals surface area contributed by atoms with Crippen molar-refractivity contribution in [3.63, 3.8) is 0 Å². The Balaban J connectivity index is 3.16. The van der Waals surface area contributed by atoms with Crippen LogP contribution in [-0.4, -0.2) is 21.1 Å². The first kappa shape index (κ1) is 8.92. The molecule has 0 aromatic rings. The van der Waals surface area contributed by atoms with Crippen molar-refractivity contribution < 1.29 is 4.74 Å². The first-order valence-electron chi connectivity index (χ1n) is 3.41. The molecule has 0 saturated heterocycles. The van der Waals surface area contributed by atoms with Crippen LogP contribution in [0.15, 0.2) is 12.3 Å². The van der Waals surface area contributed by atoms with Gasteiger partial charge in [0.2, 0.25) is 0 Å². The zero-order valence-corrected chi connectivity index (χ0v) is 7.71. The number of hydrogen-bond donors (Lipinski definition) is 0. The minimum atomic E-state index is -0.696. The predicted octanol–water partition coefficient (Wildman–Crippen LogP) is 1.53. The van der Waals surface area contributed by atoms with E-state index < -0.39 is 8.80 Å². The summed E-state index contributed by atoms with van der Waals surface area (Å²) in [6.07, 6.45) is 1.31. The molecule has 0 rings (SSSR count). The zero-order chi connectivity index (χ0) is 7.28. The molecule has 0 bridgehead atoms. The molecule has 1 unspecified atom stereocenters. The standard InChI is InChI=1S/C7H16OSi/c1-5-9(4)6-8-7(2)3/h5,7,9H,1,6H2,2-4H3. The molecule has 0 fully saturated rings. The van der Waals surface area contributed by atoms with E-state index in [0.717, 1.165) is 6.23 Å². The summed E-state index contributed by atoms with van der Waals surface area (Å²) < 4.78 is 5.38. The van der Waals surface area contributed by atoms with Crippen LogP contribution < -0.4 is 0 Å².